The summed E-state index contributed by atoms with van der Waals surface area (Å²) in [5.74, 6) is -0.975. The molecule has 0 bridgehead atoms. The van der Waals surface area contributed by atoms with Crippen molar-refractivity contribution in [2.45, 2.75) is 27.3 Å². The summed E-state index contributed by atoms with van der Waals surface area (Å²) in [4.78, 5) is 27.3. The molecule has 1 N–H and O–H groups in total. The molecule has 1 aromatic heterocycles. The molecule has 0 aliphatic rings. The summed E-state index contributed by atoms with van der Waals surface area (Å²) in [5.41, 5.74) is 2.02. The summed E-state index contributed by atoms with van der Waals surface area (Å²) in [5, 5.41) is 3.31. The maximum absolute atomic E-state index is 13.3. The van der Waals surface area contributed by atoms with Crippen molar-refractivity contribution >= 4 is 28.2 Å². The summed E-state index contributed by atoms with van der Waals surface area (Å²) in [7, 11) is 1.78. The number of esters is 1. The smallest absolute Gasteiger partial charge is 0.341 e. The van der Waals surface area contributed by atoms with E-state index in [9.17, 15) is 14.0 Å². The minimum absolute atomic E-state index is 0.120. The fourth-order valence-corrected chi connectivity index (χ4v) is 3.64. The quantitative estimate of drug-likeness (QED) is 0.746. The molecular formula is C19H23FN2O3S. The number of hydrogen-bond acceptors (Lipinski definition) is 5. The number of ether oxygens (including phenoxy) is 1. The number of rotatable bonds is 7. The highest BCUT2D eigenvalue weighted by Gasteiger charge is 2.22. The number of benzene rings is 1. The molecule has 0 atom stereocenters. The first-order chi connectivity index (χ1) is 12.3. The van der Waals surface area contributed by atoms with Gasteiger partial charge in [-0.15, -0.1) is 11.3 Å². The lowest BCUT2D eigenvalue weighted by molar-refractivity contribution is -0.117. The van der Waals surface area contributed by atoms with E-state index < -0.39 is 5.97 Å². The first-order valence-corrected chi connectivity index (χ1v) is 9.13. The molecule has 0 spiro atoms. The second-order valence-corrected chi connectivity index (χ2v) is 7.28. The van der Waals surface area contributed by atoms with Crippen molar-refractivity contribution in [3.05, 3.63) is 51.7 Å². The van der Waals surface area contributed by atoms with E-state index in [0.717, 1.165) is 16.0 Å². The van der Waals surface area contributed by atoms with Crippen LogP contribution in [0.15, 0.2) is 24.3 Å². The second kappa shape index (κ2) is 8.91. The van der Waals surface area contributed by atoms with Crippen LogP contribution in [0.4, 0.5) is 9.39 Å². The van der Waals surface area contributed by atoms with Gasteiger partial charge in [-0.05, 0) is 51.1 Å². The fourth-order valence-electron chi connectivity index (χ4n) is 2.58. The predicted molar refractivity (Wildman–Crippen MR) is 101 cm³/mol. The Labute approximate surface area is 156 Å². The Bertz CT molecular complexity index is 804. The third-order valence-electron chi connectivity index (χ3n) is 3.87. The van der Waals surface area contributed by atoms with Crippen LogP contribution in [0.1, 0.15) is 33.3 Å². The van der Waals surface area contributed by atoms with Crippen molar-refractivity contribution < 1.29 is 18.7 Å². The molecule has 0 aliphatic heterocycles. The van der Waals surface area contributed by atoms with Crippen LogP contribution in [0.5, 0.6) is 0 Å². The van der Waals surface area contributed by atoms with Gasteiger partial charge < -0.3 is 10.1 Å². The summed E-state index contributed by atoms with van der Waals surface area (Å²) in [6.45, 7) is 6.31. The number of halogens is 1. The van der Waals surface area contributed by atoms with Gasteiger partial charge in [0.2, 0.25) is 5.91 Å². The normalized spacial score (nSPS) is 10.8. The molecule has 1 aromatic carbocycles. The first-order valence-electron chi connectivity index (χ1n) is 8.31. The summed E-state index contributed by atoms with van der Waals surface area (Å²) in [6, 6.07) is 6.28. The average Bonchev–Trinajstić information content (AvgIpc) is 2.81. The van der Waals surface area contributed by atoms with Gasteiger partial charge in [0, 0.05) is 11.4 Å². The van der Waals surface area contributed by atoms with Gasteiger partial charge in [0.25, 0.3) is 0 Å². The molecule has 140 valence electrons. The maximum atomic E-state index is 13.3. The average molecular weight is 378 g/mol. The van der Waals surface area contributed by atoms with Crippen molar-refractivity contribution in [1.82, 2.24) is 4.90 Å². The monoisotopic (exact) mass is 378 g/mol. The van der Waals surface area contributed by atoms with Crippen molar-refractivity contribution in [3.63, 3.8) is 0 Å². The van der Waals surface area contributed by atoms with Crippen LogP contribution in [-0.4, -0.2) is 37.0 Å². The number of carbonyl (C=O) groups is 2. The number of aryl methyl sites for hydroxylation is 1. The van der Waals surface area contributed by atoms with E-state index in [-0.39, 0.29) is 24.9 Å². The lowest BCUT2D eigenvalue weighted by Crippen LogP contribution is -2.30. The second-order valence-electron chi connectivity index (χ2n) is 6.06. The third kappa shape index (κ3) is 5.12. The highest BCUT2D eigenvalue weighted by molar-refractivity contribution is 7.16. The Morgan fingerprint density at radius 3 is 2.69 bits per heavy atom. The number of nitrogens with zero attached hydrogens (tertiary/aromatic N) is 1. The first kappa shape index (κ1) is 20.1. The molecule has 0 saturated heterocycles. The molecule has 26 heavy (non-hydrogen) atoms. The molecule has 0 saturated carbocycles. The number of likely N-dealkylation sites (N-methyl/N-ethyl adjacent to an activating group) is 1. The van der Waals surface area contributed by atoms with Gasteiger partial charge >= 0.3 is 5.97 Å². The molecule has 1 amide bonds. The van der Waals surface area contributed by atoms with Gasteiger partial charge in [0.05, 0.1) is 18.7 Å². The van der Waals surface area contributed by atoms with Crippen LogP contribution in [0, 0.1) is 19.7 Å². The SMILES string of the molecule is CCOC(=O)c1c(NC(=O)CN(C)Cc2cccc(F)c2)sc(C)c1C. The minimum atomic E-state index is -0.433. The summed E-state index contributed by atoms with van der Waals surface area (Å²) in [6.07, 6.45) is 0. The molecule has 0 unspecified atom stereocenters. The number of carbonyl (C=O) groups excluding carboxylic acids is 2. The molecule has 1 heterocycles. The van der Waals surface area contributed by atoms with Crippen LogP contribution in [0.2, 0.25) is 0 Å². The van der Waals surface area contributed by atoms with Gasteiger partial charge in [-0.1, -0.05) is 12.1 Å². The number of nitrogens with one attached hydrogen (secondary N) is 1. The number of thiophene rings is 1. The van der Waals surface area contributed by atoms with E-state index in [1.807, 2.05) is 19.9 Å². The van der Waals surface area contributed by atoms with Crippen molar-refractivity contribution in [1.29, 1.82) is 0 Å². The molecule has 7 heteroatoms. The Hall–Kier alpha value is -2.25. The van der Waals surface area contributed by atoms with Gasteiger partial charge in [-0.2, -0.15) is 0 Å². The van der Waals surface area contributed by atoms with Gasteiger partial charge in [0.15, 0.2) is 0 Å². The van der Waals surface area contributed by atoms with Crippen LogP contribution in [-0.2, 0) is 16.1 Å². The van der Waals surface area contributed by atoms with Crippen LogP contribution >= 0.6 is 11.3 Å². The van der Waals surface area contributed by atoms with Crippen LogP contribution in [0.3, 0.4) is 0 Å². The number of hydrogen-bond donors (Lipinski definition) is 1. The molecule has 5 nitrogen and oxygen atoms in total. The van der Waals surface area contributed by atoms with E-state index in [1.165, 1.54) is 23.5 Å². The van der Waals surface area contributed by atoms with E-state index in [1.54, 1.807) is 24.9 Å². The van der Waals surface area contributed by atoms with Gasteiger partial charge in [0.1, 0.15) is 10.8 Å². The molecule has 0 radical (unpaired) electrons. The zero-order chi connectivity index (χ0) is 19.3. The molecular weight excluding hydrogens is 355 g/mol. The topological polar surface area (TPSA) is 58.6 Å². The minimum Gasteiger partial charge on any atom is -0.462 e. The van der Waals surface area contributed by atoms with Crippen molar-refractivity contribution in [2.24, 2.45) is 0 Å². The van der Waals surface area contributed by atoms with Crippen LogP contribution < -0.4 is 5.32 Å². The highest BCUT2D eigenvalue weighted by Crippen LogP contribution is 2.33. The standard InChI is InChI=1S/C19H23FN2O3S/c1-5-25-19(24)17-12(2)13(3)26-18(17)21-16(23)11-22(4)10-14-7-6-8-15(20)9-14/h6-9H,5,10-11H2,1-4H3,(H,21,23). The Kier molecular flexibility index (Phi) is 6.88. The van der Waals surface area contributed by atoms with Gasteiger partial charge in [-0.3, -0.25) is 9.69 Å². The van der Waals surface area contributed by atoms with E-state index in [0.29, 0.717) is 17.1 Å². The molecule has 2 aromatic rings. The zero-order valence-electron chi connectivity index (χ0n) is 15.4. The molecule has 0 aliphatic carbocycles. The fraction of sp³-hybridized carbons (Fsp3) is 0.368. The lowest BCUT2D eigenvalue weighted by atomic mass is 10.1. The molecule has 2 rings (SSSR count). The highest BCUT2D eigenvalue weighted by atomic mass is 32.1. The molecule has 0 fully saturated rings. The summed E-state index contributed by atoms with van der Waals surface area (Å²) < 4.78 is 18.3. The van der Waals surface area contributed by atoms with Crippen molar-refractivity contribution in [3.8, 4) is 0 Å². The predicted octanol–water partition coefficient (Wildman–Crippen LogP) is 3.75. The van der Waals surface area contributed by atoms with Crippen LogP contribution in [0.25, 0.3) is 0 Å². The zero-order valence-corrected chi connectivity index (χ0v) is 16.2. The van der Waals surface area contributed by atoms with Gasteiger partial charge in [-0.25, -0.2) is 9.18 Å². The number of anilines is 1. The maximum Gasteiger partial charge on any atom is 0.341 e. The Morgan fingerprint density at radius 2 is 2.04 bits per heavy atom. The van der Waals surface area contributed by atoms with E-state index in [4.69, 9.17) is 4.74 Å². The van der Waals surface area contributed by atoms with Crippen molar-refractivity contribution in [2.75, 3.05) is 25.5 Å². The largest absolute Gasteiger partial charge is 0.462 e. The summed E-state index contributed by atoms with van der Waals surface area (Å²) >= 11 is 1.36. The van der Waals surface area contributed by atoms with E-state index in [2.05, 4.69) is 5.32 Å². The Balaban J connectivity index is 2.03. The lowest BCUT2D eigenvalue weighted by Gasteiger charge is -2.16. The third-order valence-corrected chi connectivity index (χ3v) is 5.00. The van der Waals surface area contributed by atoms with E-state index >= 15 is 0 Å². The number of amides is 1. The Morgan fingerprint density at radius 1 is 1.31 bits per heavy atom.